The Morgan fingerprint density at radius 1 is 1.20 bits per heavy atom. The van der Waals surface area contributed by atoms with Crippen molar-refractivity contribution in [2.75, 3.05) is 13.2 Å². The Balaban J connectivity index is 1.57. The van der Waals surface area contributed by atoms with Gasteiger partial charge in [0.2, 0.25) is 17.7 Å². The molecule has 3 atom stereocenters. The second kappa shape index (κ2) is 13.6. The molecule has 1 saturated carbocycles. The monoisotopic (exact) mass is 564 g/mol. The summed E-state index contributed by atoms with van der Waals surface area (Å²) in [4.78, 5) is 37.5. The number of aliphatic hydroxyl groups is 1. The fourth-order valence-corrected chi connectivity index (χ4v) is 5.12. The van der Waals surface area contributed by atoms with E-state index in [4.69, 9.17) is 16.9 Å². The van der Waals surface area contributed by atoms with Crippen molar-refractivity contribution in [1.29, 1.82) is 0 Å². The number of hydrogen-bond donors (Lipinski definition) is 5. The van der Waals surface area contributed by atoms with E-state index in [-0.39, 0.29) is 30.8 Å². The van der Waals surface area contributed by atoms with Crippen LogP contribution in [0.25, 0.3) is 0 Å². The number of aliphatic hydroxyl groups excluding tert-OH is 1. The molecule has 4 rings (SSSR count). The van der Waals surface area contributed by atoms with E-state index in [1.807, 2.05) is 24.3 Å². The molecular weight excluding hydrogens is 527 g/mol. The minimum Gasteiger partial charge on any atom is -0.493 e. The van der Waals surface area contributed by atoms with Gasteiger partial charge in [-0.05, 0) is 73.9 Å². The molecule has 1 fully saturated rings. The number of carbonyl (C=O) groups excluding carboxylic acids is 3. The molecule has 1 heterocycles. The Kier molecular flexibility index (Phi) is 9.97. The first-order chi connectivity index (χ1) is 19.7. The van der Waals surface area contributed by atoms with Crippen LogP contribution in [0.3, 0.4) is 0 Å². The lowest BCUT2D eigenvalue weighted by Crippen LogP contribution is -2.56. The third kappa shape index (κ3) is 8.52. The smallest absolute Gasteiger partial charge is 0.243 e. The molecule has 2 aromatic rings. The van der Waals surface area contributed by atoms with Gasteiger partial charge in [0.25, 0.3) is 0 Å². The highest BCUT2D eigenvalue weighted by Gasteiger charge is 2.44. The number of terminal acetylenes is 1. The zero-order chi connectivity index (χ0) is 29.4. The number of fused-ring (bicyclic) bond motifs is 2. The number of amides is 3. The van der Waals surface area contributed by atoms with Gasteiger partial charge in [-0.1, -0.05) is 18.1 Å². The first-order valence-electron chi connectivity index (χ1n) is 14.0. The van der Waals surface area contributed by atoms with Crippen LogP contribution < -0.4 is 26.4 Å². The minimum atomic E-state index is -1.21. The highest BCUT2D eigenvalue weighted by molar-refractivity contribution is 5.91. The summed E-state index contributed by atoms with van der Waals surface area (Å²) in [6.45, 7) is 0.460. The molecule has 0 radical (unpaired) electrons. The molecule has 0 aromatic heterocycles. The van der Waals surface area contributed by atoms with Gasteiger partial charge < -0.3 is 31.5 Å². The molecule has 9 nitrogen and oxygen atoms in total. The number of nitrogens with two attached hydrogens (primary N) is 1. The average Bonchev–Trinajstić information content (AvgIpc) is 3.73. The summed E-state index contributed by atoms with van der Waals surface area (Å²) in [7, 11) is 0. The summed E-state index contributed by atoms with van der Waals surface area (Å²) in [5.74, 6) is 0.689. The molecule has 0 spiro atoms. The number of hydrogen-bond acceptors (Lipinski definition) is 6. The van der Waals surface area contributed by atoms with Crippen LogP contribution in [-0.2, 0) is 26.3 Å². The van der Waals surface area contributed by atoms with E-state index in [0.29, 0.717) is 37.2 Å². The van der Waals surface area contributed by atoms with E-state index < -0.39 is 42.2 Å². The first kappa shape index (κ1) is 30.0. The molecule has 2 aromatic carbocycles. The van der Waals surface area contributed by atoms with Gasteiger partial charge in [-0.25, -0.2) is 4.39 Å². The number of benzene rings is 2. The minimum absolute atomic E-state index is 0.0690. The van der Waals surface area contributed by atoms with E-state index in [1.165, 1.54) is 12.1 Å². The Morgan fingerprint density at radius 3 is 2.73 bits per heavy atom. The van der Waals surface area contributed by atoms with Crippen LogP contribution in [0.2, 0.25) is 0 Å². The maximum atomic E-state index is 14.5. The number of nitrogens with one attached hydrogen (secondary N) is 3. The van der Waals surface area contributed by atoms with E-state index in [9.17, 15) is 23.9 Å². The van der Waals surface area contributed by atoms with Gasteiger partial charge in [0.05, 0.1) is 25.2 Å². The van der Waals surface area contributed by atoms with Gasteiger partial charge >= 0.3 is 0 Å². The lowest BCUT2D eigenvalue weighted by atomic mass is 9.98. The van der Waals surface area contributed by atoms with Crippen molar-refractivity contribution in [2.24, 2.45) is 5.73 Å². The van der Waals surface area contributed by atoms with Crippen LogP contribution >= 0.6 is 0 Å². The van der Waals surface area contributed by atoms with Crippen molar-refractivity contribution in [3.05, 3.63) is 65.0 Å². The third-order valence-corrected chi connectivity index (χ3v) is 7.53. The van der Waals surface area contributed by atoms with Crippen molar-refractivity contribution in [1.82, 2.24) is 16.0 Å². The van der Waals surface area contributed by atoms with Gasteiger partial charge in [-0.2, -0.15) is 0 Å². The summed E-state index contributed by atoms with van der Waals surface area (Å²) in [6.07, 6.45) is 7.89. The Morgan fingerprint density at radius 2 is 2.00 bits per heavy atom. The average molecular weight is 565 g/mol. The normalized spacial score (nSPS) is 21.9. The molecule has 10 heteroatoms. The summed E-state index contributed by atoms with van der Waals surface area (Å²) in [5, 5.41) is 20.1. The van der Waals surface area contributed by atoms with Crippen LogP contribution in [0.4, 0.5) is 4.39 Å². The van der Waals surface area contributed by atoms with Gasteiger partial charge in [0.1, 0.15) is 17.6 Å². The van der Waals surface area contributed by atoms with Crippen molar-refractivity contribution in [3.63, 3.8) is 0 Å². The molecule has 6 N–H and O–H groups in total. The Hall–Kier alpha value is -3.94. The zero-order valence-electron chi connectivity index (χ0n) is 23.0. The van der Waals surface area contributed by atoms with Crippen molar-refractivity contribution in [3.8, 4) is 18.1 Å². The third-order valence-electron chi connectivity index (χ3n) is 7.53. The van der Waals surface area contributed by atoms with E-state index in [0.717, 1.165) is 24.0 Å². The number of ether oxygens (including phenoxy) is 1. The molecule has 2 bridgehead atoms. The standard InChI is InChI=1S/C31H37FN4O5/c1-2-20-7-6-8-22(13-20)31(10-11-31)34-19-27(37)25-16-21-14-23(32)17-24(15-21)41-12-5-3-4-9-29(39)35-26(18-28(33)38)30(40)36-25/h1,6-8,13-15,17,25-27,34,37H,3-5,9-12,16,18-19H2,(H2,33,38)(H,35,39)(H,36,40)/t25?,26?,27-/m1/s1. The molecule has 2 unspecified atom stereocenters. The predicted molar refractivity (Wildman–Crippen MR) is 151 cm³/mol. The Bertz CT molecular complexity index is 1310. The predicted octanol–water partition coefficient (Wildman–Crippen LogP) is 1.79. The lowest BCUT2D eigenvalue weighted by Gasteiger charge is -2.29. The number of rotatable bonds is 7. The van der Waals surface area contributed by atoms with E-state index in [1.54, 1.807) is 6.07 Å². The molecule has 1 aliphatic carbocycles. The molecule has 1 aliphatic heterocycles. The lowest BCUT2D eigenvalue weighted by molar-refractivity contribution is -0.132. The summed E-state index contributed by atoms with van der Waals surface area (Å²) in [5.41, 5.74) is 7.29. The van der Waals surface area contributed by atoms with E-state index >= 15 is 0 Å². The van der Waals surface area contributed by atoms with Crippen LogP contribution in [0, 0.1) is 18.2 Å². The van der Waals surface area contributed by atoms with Crippen LogP contribution in [-0.4, -0.2) is 54.2 Å². The maximum Gasteiger partial charge on any atom is 0.243 e. The topological polar surface area (TPSA) is 143 Å². The molecule has 41 heavy (non-hydrogen) atoms. The zero-order valence-corrected chi connectivity index (χ0v) is 23.0. The van der Waals surface area contributed by atoms with Gasteiger partial charge in [-0.15, -0.1) is 6.42 Å². The highest BCUT2D eigenvalue weighted by Crippen LogP contribution is 2.45. The fraction of sp³-hybridized carbons (Fsp3) is 0.452. The number of carbonyl (C=O) groups is 3. The van der Waals surface area contributed by atoms with Gasteiger partial charge in [-0.3, -0.25) is 14.4 Å². The number of halogens is 1. The fourth-order valence-electron chi connectivity index (χ4n) is 5.12. The molecular formula is C31H37FN4O5. The quantitative estimate of drug-likeness (QED) is 0.325. The second-order valence-electron chi connectivity index (χ2n) is 10.8. The Labute approximate surface area is 239 Å². The largest absolute Gasteiger partial charge is 0.493 e. The van der Waals surface area contributed by atoms with Gasteiger partial charge in [0.15, 0.2) is 0 Å². The molecule has 3 amide bonds. The second-order valence-corrected chi connectivity index (χ2v) is 10.8. The van der Waals surface area contributed by atoms with E-state index in [2.05, 4.69) is 21.9 Å². The van der Waals surface area contributed by atoms with Crippen LogP contribution in [0.15, 0.2) is 42.5 Å². The molecule has 2 aliphatic rings. The summed E-state index contributed by atoms with van der Waals surface area (Å²) >= 11 is 0. The van der Waals surface area contributed by atoms with Gasteiger partial charge in [0, 0.05) is 30.1 Å². The van der Waals surface area contributed by atoms with Crippen LogP contribution in [0.5, 0.6) is 5.75 Å². The maximum absolute atomic E-state index is 14.5. The van der Waals surface area contributed by atoms with Crippen molar-refractivity contribution >= 4 is 17.7 Å². The highest BCUT2D eigenvalue weighted by atomic mass is 19.1. The van der Waals surface area contributed by atoms with Crippen LogP contribution in [0.1, 0.15) is 61.6 Å². The number of primary amides is 1. The summed E-state index contributed by atoms with van der Waals surface area (Å²) in [6, 6.07) is 9.86. The molecule has 218 valence electrons. The summed E-state index contributed by atoms with van der Waals surface area (Å²) < 4.78 is 20.2. The molecule has 0 saturated heterocycles. The SMILES string of the molecule is C#Cc1cccc(C2(NC[C@@H](O)C3Cc4cc(F)cc(c4)OCCCCCC(=O)NC(CC(N)=O)C(=O)N3)CC2)c1. The van der Waals surface area contributed by atoms with Crippen molar-refractivity contribution in [2.45, 2.75) is 75.1 Å². The van der Waals surface area contributed by atoms with Crippen molar-refractivity contribution < 1.29 is 28.6 Å². The first-order valence-corrected chi connectivity index (χ1v) is 14.0.